The number of nitrogens with zero attached hydrogens (tertiary/aromatic N) is 1. The third kappa shape index (κ3) is 2.39. The van der Waals surface area contributed by atoms with Crippen LogP contribution in [0.25, 0.3) is 0 Å². The molecule has 1 aliphatic heterocycles. The lowest BCUT2D eigenvalue weighted by Gasteiger charge is -2.20. The summed E-state index contributed by atoms with van der Waals surface area (Å²) in [4.78, 5) is 24.6. The third-order valence-corrected chi connectivity index (χ3v) is 3.47. The molecule has 1 amide bonds. The van der Waals surface area contributed by atoms with Gasteiger partial charge in [0.2, 0.25) is 0 Å². The zero-order valence-corrected chi connectivity index (χ0v) is 10.6. The van der Waals surface area contributed by atoms with E-state index in [2.05, 4.69) is 0 Å². The number of hydrogen-bond acceptors (Lipinski definition) is 4. The summed E-state index contributed by atoms with van der Waals surface area (Å²) in [6, 6.07) is 4.63. The van der Waals surface area contributed by atoms with E-state index in [1.165, 1.54) is 11.0 Å². The molecular formula is C13H16N2O4. The summed E-state index contributed by atoms with van der Waals surface area (Å²) in [6.07, 6.45) is 0.228. The average molecular weight is 264 g/mol. The molecule has 6 heteroatoms. The molecule has 1 fully saturated rings. The van der Waals surface area contributed by atoms with Gasteiger partial charge in [0.15, 0.2) is 0 Å². The van der Waals surface area contributed by atoms with Gasteiger partial charge < -0.3 is 20.8 Å². The molecular weight excluding hydrogens is 248 g/mol. The maximum Gasteiger partial charge on any atom is 0.325 e. The van der Waals surface area contributed by atoms with Crippen molar-refractivity contribution >= 4 is 11.9 Å². The SMILES string of the molecule is Cc1ccc(C(=O)N2CCC(N)(C(=O)O)C2)cc1O. The predicted molar refractivity (Wildman–Crippen MR) is 67.9 cm³/mol. The summed E-state index contributed by atoms with van der Waals surface area (Å²) >= 11 is 0. The van der Waals surface area contributed by atoms with Gasteiger partial charge in [0.05, 0.1) is 0 Å². The van der Waals surface area contributed by atoms with Crippen LogP contribution in [0, 0.1) is 6.92 Å². The number of carboxylic acid groups (broad SMARTS) is 1. The maximum absolute atomic E-state index is 12.2. The van der Waals surface area contributed by atoms with Gasteiger partial charge in [0, 0.05) is 18.7 Å². The van der Waals surface area contributed by atoms with E-state index in [9.17, 15) is 14.7 Å². The summed E-state index contributed by atoms with van der Waals surface area (Å²) < 4.78 is 0. The topological polar surface area (TPSA) is 104 Å². The number of amides is 1. The zero-order valence-electron chi connectivity index (χ0n) is 10.6. The third-order valence-electron chi connectivity index (χ3n) is 3.47. The second-order valence-corrected chi connectivity index (χ2v) is 4.94. The van der Waals surface area contributed by atoms with Crippen molar-refractivity contribution < 1.29 is 19.8 Å². The van der Waals surface area contributed by atoms with Gasteiger partial charge in [-0.15, -0.1) is 0 Å². The Bertz CT molecular complexity index is 543. The molecule has 1 saturated heterocycles. The van der Waals surface area contributed by atoms with Gasteiger partial charge in [-0.25, -0.2) is 0 Å². The minimum Gasteiger partial charge on any atom is -0.508 e. The smallest absolute Gasteiger partial charge is 0.325 e. The van der Waals surface area contributed by atoms with Gasteiger partial charge >= 0.3 is 5.97 Å². The number of aliphatic carboxylic acids is 1. The molecule has 0 radical (unpaired) electrons. The van der Waals surface area contributed by atoms with E-state index in [4.69, 9.17) is 10.8 Å². The summed E-state index contributed by atoms with van der Waals surface area (Å²) in [5, 5.41) is 18.6. The van der Waals surface area contributed by atoms with E-state index in [1.54, 1.807) is 19.1 Å². The van der Waals surface area contributed by atoms with Crippen molar-refractivity contribution in [3.63, 3.8) is 0 Å². The molecule has 1 atom stereocenters. The number of hydrogen-bond donors (Lipinski definition) is 3. The number of benzene rings is 1. The van der Waals surface area contributed by atoms with Gasteiger partial charge in [-0.2, -0.15) is 0 Å². The van der Waals surface area contributed by atoms with Gasteiger partial charge in [-0.1, -0.05) is 6.07 Å². The van der Waals surface area contributed by atoms with Crippen molar-refractivity contribution in [2.45, 2.75) is 18.9 Å². The van der Waals surface area contributed by atoms with Crippen LogP contribution in [0.3, 0.4) is 0 Å². The predicted octanol–water partition coefficient (Wildman–Crippen LogP) is 0.329. The molecule has 1 unspecified atom stereocenters. The van der Waals surface area contributed by atoms with E-state index in [0.29, 0.717) is 17.7 Å². The number of carbonyl (C=O) groups excluding carboxylic acids is 1. The number of phenolic OH excluding ortho intramolecular Hbond substituents is 1. The van der Waals surface area contributed by atoms with Crippen molar-refractivity contribution in [3.05, 3.63) is 29.3 Å². The van der Waals surface area contributed by atoms with Crippen LogP contribution >= 0.6 is 0 Å². The highest BCUT2D eigenvalue weighted by Gasteiger charge is 2.43. The lowest BCUT2D eigenvalue weighted by molar-refractivity contribution is -0.142. The van der Waals surface area contributed by atoms with Crippen LogP contribution in [0.15, 0.2) is 18.2 Å². The molecule has 1 aromatic carbocycles. The number of phenols is 1. The summed E-state index contributed by atoms with van der Waals surface area (Å²) in [5.74, 6) is -1.37. The largest absolute Gasteiger partial charge is 0.508 e. The van der Waals surface area contributed by atoms with E-state index in [0.717, 1.165) is 0 Å². The van der Waals surface area contributed by atoms with Crippen molar-refractivity contribution in [2.75, 3.05) is 13.1 Å². The molecule has 1 heterocycles. The van der Waals surface area contributed by atoms with Crippen LogP contribution in [-0.4, -0.2) is 45.6 Å². The van der Waals surface area contributed by atoms with Gasteiger partial charge in [0.1, 0.15) is 11.3 Å². The molecule has 0 aromatic heterocycles. The molecule has 1 aliphatic rings. The first kappa shape index (κ1) is 13.4. The van der Waals surface area contributed by atoms with Crippen LogP contribution in [0.2, 0.25) is 0 Å². The van der Waals surface area contributed by atoms with Gasteiger partial charge in [-0.05, 0) is 31.0 Å². The molecule has 2 rings (SSSR count). The summed E-state index contributed by atoms with van der Waals surface area (Å²) in [6.45, 7) is 2.01. The standard InChI is InChI=1S/C13H16N2O4/c1-8-2-3-9(6-10(8)16)11(17)15-5-4-13(14,7-15)12(18)19/h2-3,6,16H,4-5,7,14H2,1H3,(H,18,19). The lowest BCUT2D eigenvalue weighted by atomic mass is 10.0. The number of rotatable bonds is 2. The number of aromatic hydroxyl groups is 1. The monoisotopic (exact) mass is 264 g/mol. The molecule has 19 heavy (non-hydrogen) atoms. The number of nitrogens with two attached hydrogens (primary N) is 1. The Morgan fingerprint density at radius 1 is 1.42 bits per heavy atom. The highest BCUT2D eigenvalue weighted by Crippen LogP contribution is 2.23. The quantitative estimate of drug-likeness (QED) is 0.714. The fourth-order valence-corrected chi connectivity index (χ4v) is 2.11. The molecule has 1 aromatic rings. The first-order valence-corrected chi connectivity index (χ1v) is 5.95. The molecule has 0 saturated carbocycles. The molecule has 102 valence electrons. The Morgan fingerprint density at radius 2 is 2.11 bits per heavy atom. The fourth-order valence-electron chi connectivity index (χ4n) is 2.11. The van der Waals surface area contributed by atoms with E-state index >= 15 is 0 Å². The molecule has 4 N–H and O–H groups in total. The van der Waals surface area contributed by atoms with Crippen LogP contribution in [0.5, 0.6) is 5.75 Å². The molecule has 6 nitrogen and oxygen atoms in total. The van der Waals surface area contributed by atoms with Crippen LogP contribution < -0.4 is 5.73 Å². The molecule has 0 aliphatic carbocycles. The summed E-state index contributed by atoms with van der Waals surface area (Å²) in [5.41, 5.74) is 5.36. The Labute approximate surface area is 110 Å². The normalized spacial score (nSPS) is 22.5. The van der Waals surface area contributed by atoms with E-state index in [-0.39, 0.29) is 24.6 Å². The molecule has 0 spiro atoms. The van der Waals surface area contributed by atoms with Crippen molar-refractivity contribution in [1.82, 2.24) is 4.90 Å². The second kappa shape index (κ2) is 4.55. The van der Waals surface area contributed by atoms with Crippen molar-refractivity contribution in [1.29, 1.82) is 0 Å². The van der Waals surface area contributed by atoms with Crippen LogP contribution in [0.4, 0.5) is 0 Å². The van der Waals surface area contributed by atoms with Gasteiger partial charge in [-0.3, -0.25) is 9.59 Å². The number of carbonyl (C=O) groups is 2. The van der Waals surface area contributed by atoms with Gasteiger partial charge in [0.25, 0.3) is 5.91 Å². The highest BCUT2D eigenvalue weighted by molar-refractivity contribution is 5.95. The van der Waals surface area contributed by atoms with Crippen molar-refractivity contribution in [3.8, 4) is 5.75 Å². The molecule has 0 bridgehead atoms. The Hall–Kier alpha value is -2.08. The second-order valence-electron chi connectivity index (χ2n) is 4.94. The highest BCUT2D eigenvalue weighted by atomic mass is 16.4. The maximum atomic E-state index is 12.2. The minimum absolute atomic E-state index is 0.0181. The van der Waals surface area contributed by atoms with E-state index in [1.807, 2.05) is 0 Å². The number of aryl methyl sites for hydroxylation is 1. The van der Waals surface area contributed by atoms with Crippen molar-refractivity contribution in [2.24, 2.45) is 5.73 Å². The Morgan fingerprint density at radius 3 is 2.63 bits per heavy atom. The minimum atomic E-state index is -1.37. The zero-order chi connectivity index (χ0) is 14.2. The fraction of sp³-hybridized carbons (Fsp3) is 0.385. The van der Waals surface area contributed by atoms with Crippen LogP contribution in [-0.2, 0) is 4.79 Å². The summed E-state index contributed by atoms with van der Waals surface area (Å²) in [7, 11) is 0. The lowest BCUT2D eigenvalue weighted by Crippen LogP contribution is -2.50. The Kier molecular flexibility index (Phi) is 3.20. The Balaban J connectivity index is 2.18. The van der Waals surface area contributed by atoms with Crippen LogP contribution in [0.1, 0.15) is 22.3 Å². The average Bonchev–Trinajstić information content (AvgIpc) is 2.76. The first-order valence-electron chi connectivity index (χ1n) is 5.95. The van der Waals surface area contributed by atoms with E-state index < -0.39 is 11.5 Å². The number of likely N-dealkylation sites (tertiary alicyclic amines) is 1. The first-order chi connectivity index (χ1) is 8.83. The number of carboxylic acids is 1.